The number of hydrogen-bond acceptors (Lipinski definition) is 5. The predicted octanol–water partition coefficient (Wildman–Crippen LogP) is 2.06. The number of carbonyl (C=O) groups excluding carboxylic acids is 1. The second-order valence-corrected chi connectivity index (χ2v) is 3.28. The van der Waals surface area contributed by atoms with Crippen molar-refractivity contribution < 1.29 is 41.0 Å². The highest BCUT2D eigenvalue weighted by Gasteiger charge is 2.76. The van der Waals surface area contributed by atoms with E-state index in [0.717, 1.165) is 5.37 Å². The third-order valence-electron chi connectivity index (χ3n) is 1.85. The van der Waals surface area contributed by atoms with Gasteiger partial charge in [-0.3, -0.25) is 0 Å². The van der Waals surface area contributed by atoms with Gasteiger partial charge in [-0.25, -0.2) is 4.79 Å². The molecule has 0 aromatic carbocycles. The van der Waals surface area contributed by atoms with Gasteiger partial charge in [-0.1, -0.05) is 12.2 Å². The van der Waals surface area contributed by atoms with E-state index in [2.05, 4.69) is 26.4 Å². The van der Waals surface area contributed by atoms with Crippen LogP contribution in [0.15, 0.2) is 0 Å². The lowest BCUT2D eigenvalue weighted by molar-refractivity contribution is -0.390. The molecule has 1 atom stereocenters. The van der Waals surface area contributed by atoms with Crippen LogP contribution in [0.1, 0.15) is 0 Å². The summed E-state index contributed by atoms with van der Waals surface area (Å²) < 4.78 is 74.7. The summed E-state index contributed by atoms with van der Waals surface area (Å²) >= 11 is 4.22. The molecule has 0 aromatic heterocycles. The van der Waals surface area contributed by atoms with Crippen LogP contribution in [0.3, 0.4) is 0 Å². The van der Waals surface area contributed by atoms with Crippen molar-refractivity contribution in [1.82, 2.24) is 0 Å². The highest BCUT2D eigenvalue weighted by Crippen LogP contribution is 2.47. The Morgan fingerprint density at radius 2 is 2.00 bits per heavy atom. The number of hydrogen-bond donors (Lipinski definition) is 0. The number of cyclic esters (lactones) is 2. The molecule has 0 aliphatic carbocycles. The van der Waals surface area contributed by atoms with E-state index in [-0.39, 0.29) is 0 Å². The van der Waals surface area contributed by atoms with Crippen LogP contribution in [0.5, 0.6) is 0 Å². The van der Waals surface area contributed by atoms with Gasteiger partial charge >= 0.3 is 24.0 Å². The average Bonchev–Trinajstić information content (AvgIpc) is 2.57. The normalized spacial score (nSPS) is 25.4. The van der Waals surface area contributed by atoms with Gasteiger partial charge in [0.05, 0.1) is 6.61 Å². The lowest BCUT2D eigenvalue weighted by Gasteiger charge is -2.33. The summed E-state index contributed by atoms with van der Waals surface area (Å²) in [7, 11) is 0. The van der Waals surface area contributed by atoms with E-state index >= 15 is 0 Å². The van der Waals surface area contributed by atoms with Crippen molar-refractivity contribution >= 4 is 23.7 Å². The second-order valence-electron chi connectivity index (χ2n) is 2.94. The second kappa shape index (κ2) is 4.33. The molecule has 0 amide bonds. The highest BCUT2D eigenvalue weighted by atomic mass is 32.1. The third-order valence-corrected chi connectivity index (χ3v) is 1.98. The molecule has 1 saturated heterocycles. The van der Waals surface area contributed by atoms with Crippen LogP contribution in [-0.2, 0) is 14.2 Å². The SMILES string of the molecule is O=C1OCC(OCC=S)(C(F)(F)C(F)(F)F)O1. The summed E-state index contributed by atoms with van der Waals surface area (Å²) in [6.07, 6.45) is -7.62. The maximum atomic E-state index is 13.1. The number of ether oxygens (including phenoxy) is 3. The fraction of sp³-hybridized carbons (Fsp3) is 0.714. The number of carbonyl (C=O) groups is 1. The van der Waals surface area contributed by atoms with E-state index in [1.165, 1.54) is 0 Å². The molecule has 0 saturated carbocycles. The van der Waals surface area contributed by atoms with Crippen LogP contribution in [0.2, 0.25) is 0 Å². The minimum Gasteiger partial charge on any atom is -0.427 e. The quantitative estimate of drug-likeness (QED) is 0.448. The molecule has 0 spiro atoms. The first-order valence-electron chi connectivity index (χ1n) is 4.04. The molecule has 1 fully saturated rings. The first-order valence-corrected chi connectivity index (χ1v) is 4.51. The topological polar surface area (TPSA) is 44.8 Å². The standard InChI is InChI=1S/C7H5F5O4S/c8-6(9,7(10,11)12)5(15-1-2-17)3-14-4(13)16-5/h2H,1,3H2. The Labute approximate surface area is 96.6 Å². The molecule has 1 aliphatic rings. The van der Waals surface area contributed by atoms with Gasteiger partial charge in [-0.2, -0.15) is 22.0 Å². The molecule has 0 radical (unpaired) electrons. The lowest BCUT2D eigenvalue weighted by Crippen LogP contribution is -2.60. The molecule has 1 unspecified atom stereocenters. The number of thiocarbonyl (C=S) groups is 1. The van der Waals surface area contributed by atoms with E-state index in [1.807, 2.05) is 0 Å². The summed E-state index contributed by atoms with van der Waals surface area (Å²) in [5.74, 6) is -8.94. The van der Waals surface area contributed by atoms with E-state index in [0.29, 0.717) is 0 Å². The Hall–Kier alpha value is -1.03. The lowest BCUT2D eigenvalue weighted by atomic mass is 10.1. The molecule has 4 nitrogen and oxygen atoms in total. The fourth-order valence-electron chi connectivity index (χ4n) is 1.05. The first kappa shape index (κ1) is 14.0. The zero-order valence-corrected chi connectivity index (χ0v) is 8.74. The monoisotopic (exact) mass is 280 g/mol. The molecule has 98 valence electrons. The Morgan fingerprint density at radius 1 is 1.41 bits per heavy atom. The average molecular weight is 280 g/mol. The van der Waals surface area contributed by atoms with E-state index in [9.17, 15) is 26.7 Å². The molecule has 1 heterocycles. The Balaban J connectivity index is 3.06. The van der Waals surface area contributed by atoms with Crippen LogP contribution in [0.4, 0.5) is 26.7 Å². The van der Waals surface area contributed by atoms with Gasteiger partial charge in [0, 0.05) is 5.37 Å². The maximum absolute atomic E-state index is 13.1. The van der Waals surface area contributed by atoms with Gasteiger partial charge in [0.15, 0.2) is 6.61 Å². The summed E-state index contributed by atoms with van der Waals surface area (Å²) in [5, 5.41) is 0.764. The molecular formula is C7H5F5O4S. The maximum Gasteiger partial charge on any atom is 0.511 e. The third kappa shape index (κ3) is 2.32. The Kier molecular flexibility index (Phi) is 3.58. The van der Waals surface area contributed by atoms with Crippen molar-refractivity contribution in [2.24, 2.45) is 0 Å². The van der Waals surface area contributed by atoms with Crippen LogP contribution in [-0.4, -0.2) is 42.6 Å². The largest absolute Gasteiger partial charge is 0.511 e. The van der Waals surface area contributed by atoms with Crippen LogP contribution in [0, 0.1) is 0 Å². The number of alkyl halides is 5. The first-order chi connectivity index (χ1) is 7.66. The summed E-state index contributed by atoms with van der Waals surface area (Å²) in [6, 6.07) is 0. The van der Waals surface area contributed by atoms with Gasteiger partial charge in [0.1, 0.15) is 0 Å². The van der Waals surface area contributed by atoms with Crippen LogP contribution in [0.25, 0.3) is 0 Å². The highest BCUT2D eigenvalue weighted by molar-refractivity contribution is 7.79. The van der Waals surface area contributed by atoms with Crippen molar-refractivity contribution in [2.45, 2.75) is 17.9 Å². The van der Waals surface area contributed by atoms with Crippen LogP contribution >= 0.6 is 12.2 Å². The predicted molar refractivity (Wildman–Crippen MR) is 45.8 cm³/mol. The Bertz CT molecular complexity index is 331. The molecule has 17 heavy (non-hydrogen) atoms. The van der Waals surface area contributed by atoms with Crippen molar-refractivity contribution in [3.05, 3.63) is 0 Å². The van der Waals surface area contributed by atoms with E-state index < -0.39 is 37.3 Å². The summed E-state index contributed by atoms with van der Waals surface area (Å²) in [5.41, 5.74) is 0. The van der Waals surface area contributed by atoms with Gasteiger partial charge in [0.2, 0.25) is 0 Å². The fourth-order valence-corrected chi connectivity index (χ4v) is 1.12. The van der Waals surface area contributed by atoms with Gasteiger partial charge in [-0.05, 0) is 0 Å². The molecule has 0 aromatic rings. The van der Waals surface area contributed by atoms with Crippen molar-refractivity contribution in [1.29, 1.82) is 0 Å². The number of halogens is 5. The molecular weight excluding hydrogens is 275 g/mol. The van der Waals surface area contributed by atoms with E-state index in [4.69, 9.17) is 0 Å². The summed E-state index contributed by atoms with van der Waals surface area (Å²) in [6.45, 7) is -2.11. The van der Waals surface area contributed by atoms with E-state index in [1.54, 1.807) is 0 Å². The number of rotatable bonds is 4. The van der Waals surface area contributed by atoms with Crippen molar-refractivity contribution in [2.75, 3.05) is 13.2 Å². The Morgan fingerprint density at radius 3 is 2.35 bits per heavy atom. The van der Waals surface area contributed by atoms with Gasteiger partial charge < -0.3 is 14.2 Å². The molecule has 1 rings (SSSR count). The van der Waals surface area contributed by atoms with Crippen LogP contribution < -0.4 is 0 Å². The summed E-state index contributed by atoms with van der Waals surface area (Å²) in [4.78, 5) is 10.5. The molecule has 0 N–H and O–H groups in total. The van der Waals surface area contributed by atoms with Gasteiger partial charge in [-0.15, -0.1) is 0 Å². The minimum atomic E-state index is -5.96. The minimum absolute atomic E-state index is 0.738. The molecule has 1 aliphatic heterocycles. The molecule has 10 heteroatoms. The molecule has 0 bridgehead atoms. The van der Waals surface area contributed by atoms with Crippen molar-refractivity contribution in [3.63, 3.8) is 0 Å². The smallest absolute Gasteiger partial charge is 0.427 e. The van der Waals surface area contributed by atoms with Gasteiger partial charge in [0.25, 0.3) is 0 Å². The zero-order valence-electron chi connectivity index (χ0n) is 7.92. The van der Waals surface area contributed by atoms with Crippen molar-refractivity contribution in [3.8, 4) is 0 Å². The zero-order chi connectivity index (χ0) is 13.3.